The highest BCUT2D eigenvalue weighted by atomic mass is 79.9. The van der Waals surface area contributed by atoms with Crippen LogP contribution in [0.5, 0.6) is 5.75 Å². The maximum Gasteiger partial charge on any atom is 0.340 e. The first-order chi connectivity index (χ1) is 18.4. The van der Waals surface area contributed by atoms with Crippen LogP contribution in [-0.4, -0.2) is 60.7 Å². The molecule has 12 heteroatoms. The first-order valence-corrected chi connectivity index (χ1v) is 15.9. The minimum atomic E-state index is -0.411. The fourth-order valence-corrected chi connectivity index (χ4v) is 8.34. The van der Waals surface area contributed by atoms with Crippen LogP contribution in [0.15, 0.2) is 46.8 Å². The summed E-state index contributed by atoms with van der Waals surface area (Å²) >= 11 is 8.51. The van der Waals surface area contributed by atoms with E-state index < -0.39 is 5.97 Å². The molecule has 1 aliphatic heterocycles. The number of aromatic hydroxyl groups is 1. The Hall–Kier alpha value is -2.41. The molecule has 0 spiro atoms. The van der Waals surface area contributed by atoms with Gasteiger partial charge in [-0.3, -0.25) is 4.79 Å². The molecule has 1 atom stereocenters. The number of imidazole rings is 1. The highest BCUT2D eigenvalue weighted by Gasteiger charge is 2.33. The fourth-order valence-electron chi connectivity index (χ4n) is 4.68. The zero-order valence-electron chi connectivity index (χ0n) is 20.9. The Morgan fingerprint density at radius 1 is 1.39 bits per heavy atom. The topological polar surface area (TPSA) is 89.6 Å². The molecular formula is C26H27BrN4O4S3. The summed E-state index contributed by atoms with van der Waals surface area (Å²) in [6.07, 6.45) is 5.17. The van der Waals surface area contributed by atoms with Gasteiger partial charge in [-0.2, -0.15) is 11.8 Å². The Kier molecular flexibility index (Phi) is 8.41. The number of carbonyl (C=O) groups is 2. The largest absolute Gasteiger partial charge is 0.506 e. The van der Waals surface area contributed by atoms with Crippen LogP contribution in [0.3, 0.4) is 0 Å². The third-order valence-electron chi connectivity index (χ3n) is 6.49. The number of thiophene rings is 1. The van der Waals surface area contributed by atoms with E-state index in [2.05, 4.69) is 27.0 Å². The molecule has 38 heavy (non-hydrogen) atoms. The molecule has 0 bridgehead atoms. The lowest BCUT2D eigenvalue weighted by Gasteiger charge is -2.22. The van der Waals surface area contributed by atoms with Gasteiger partial charge in [-0.15, -0.1) is 23.1 Å². The van der Waals surface area contributed by atoms with Gasteiger partial charge in [0.05, 0.1) is 40.8 Å². The predicted octanol–water partition coefficient (Wildman–Crippen LogP) is 5.64. The predicted molar refractivity (Wildman–Crippen MR) is 157 cm³/mol. The van der Waals surface area contributed by atoms with Gasteiger partial charge in [0.2, 0.25) is 5.91 Å². The summed E-state index contributed by atoms with van der Waals surface area (Å²) < 4.78 is 9.89. The zero-order chi connectivity index (χ0) is 26.8. The molecule has 5 rings (SSSR count). The van der Waals surface area contributed by atoms with Crippen molar-refractivity contribution >= 4 is 73.6 Å². The summed E-state index contributed by atoms with van der Waals surface area (Å²) in [4.78, 5) is 33.1. The number of fused-ring (bicyclic) bond motifs is 1. The van der Waals surface area contributed by atoms with E-state index in [9.17, 15) is 14.7 Å². The number of hydrogen-bond donors (Lipinski definition) is 1. The molecule has 200 valence electrons. The molecule has 1 unspecified atom stereocenters. The van der Waals surface area contributed by atoms with Gasteiger partial charge < -0.3 is 23.9 Å². The lowest BCUT2D eigenvalue weighted by molar-refractivity contribution is -0.127. The molecule has 1 saturated heterocycles. The molecule has 3 aromatic heterocycles. The normalized spacial score (nSPS) is 15.6. The molecule has 8 nitrogen and oxygen atoms in total. The fraction of sp³-hybridized carbons (Fsp3) is 0.346. The van der Waals surface area contributed by atoms with Crippen LogP contribution in [0.4, 0.5) is 0 Å². The Morgan fingerprint density at radius 2 is 2.24 bits per heavy atom. The summed E-state index contributed by atoms with van der Waals surface area (Å²) in [5.74, 6) is 1.63. The van der Waals surface area contributed by atoms with Crippen LogP contribution in [0.1, 0.15) is 38.8 Å². The summed E-state index contributed by atoms with van der Waals surface area (Å²) in [6, 6.07) is 5.94. The van der Waals surface area contributed by atoms with Crippen molar-refractivity contribution in [1.82, 2.24) is 19.0 Å². The summed E-state index contributed by atoms with van der Waals surface area (Å²) in [7, 11) is 1.93. The Bertz CT molecular complexity index is 1450. The second kappa shape index (κ2) is 11.8. The second-order valence-electron chi connectivity index (χ2n) is 8.73. The standard InChI is InChI=1S/C26H27BrN4O4S3/c1-3-35-26(34)23-19(13-36-10-8-31-21(32)14-38-25(31)20-5-4-9-37-20)29(2)18-11-17(27)24(33)16(22(18)23)12-30-7-6-28-15-30/h4-7,9,11,15,25,33H,3,8,10,12-14H2,1-2H3. The van der Waals surface area contributed by atoms with Crippen LogP contribution in [-0.2, 0) is 28.9 Å². The number of esters is 1. The molecule has 1 amide bonds. The lowest BCUT2D eigenvalue weighted by atomic mass is 10.0. The monoisotopic (exact) mass is 634 g/mol. The van der Waals surface area contributed by atoms with Crippen LogP contribution in [0, 0.1) is 0 Å². The van der Waals surface area contributed by atoms with Crippen LogP contribution < -0.4 is 0 Å². The van der Waals surface area contributed by atoms with Crippen molar-refractivity contribution < 1.29 is 19.4 Å². The highest BCUT2D eigenvalue weighted by molar-refractivity contribution is 9.10. The van der Waals surface area contributed by atoms with E-state index in [1.54, 1.807) is 54.3 Å². The van der Waals surface area contributed by atoms with Gasteiger partial charge in [0, 0.05) is 59.0 Å². The highest BCUT2D eigenvalue weighted by Crippen LogP contribution is 2.42. The quantitative estimate of drug-likeness (QED) is 0.178. The maximum atomic E-state index is 13.3. The van der Waals surface area contributed by atoms with Crippen molar-refractivity contribution in [2.75, 3.05) is 24.7 Å². The van der Waals surface area contributed by atoms with Crippen molar-refractivity contribution in [3.05, 3.63) is 68.5 Å². The molecule has 1 fully saturated rings. The molecule has 1 N–H and O–H groups in total. The van der Waals surface area contributed by atoms with Crippen molar-refractivity contribution in [3.63, 3.8) is 0 Å². The lowest BCUT2D eigenvalue weighted by Crippen LogP contribution is -2.30. The van der Waals surface area contributed by atoms with Crippen molar-refractivity contribution in [2.24, 2.45) is 7.05 Å². The van der Waals surface area contributed by atoms with E-state index >= 15 is 0 Å². The molecule has 0 radical (unpaired) electrons. The Morgan fingerprint density at radius 3 is 2.95 bits per heavy atom. The smallest absolute Gasteiger partial charge is 0.340 e. The number of carbonyl (C=O) groups excluding carboxylic acids is 2. The number of phenolic OH excluding ortho intramolecular Hbond substituents is 1. The Balaban J connectivity index is 1.44. The Labute approximate surface area is 241 Å². The van der Waals surface area contributed by atoms with Gasteiger partial charge in [-0.1, -0.05) is 6.07 Å². The molecular weight excluding hydrogens is 608 g/mol. The number of hydrogen-bond acceptors (Lipinski definition) is 8. The van der Waals surface area contributed by atoms with Crippen LogP contribution in [0.2, 0.25) is 0 Å². The molecule has 0 aliphatic carbocycles. The summed E-state index contributed by atoms with van der Waals surface area (Å²) in [5.41, 5.74) is 2.75. The average Bonchev–Trinajstić information content (AvgIpc) is 3.70. The van der Waals surface area contributed by atoms with Gasteiger partial charge in [0.25, 0.3) is 0 Å². The molecule has 1 aliphatic rings. The first kappa shape index (κ1) is 27.2. The number of amides is 1. The van der Waals surface area contributed by atoms with E-state index in [-0.39, 0.29) is 23.6 Å². The number of halogens is 1. The minimum absolute atomic E-state index is 0.0712. The number of thioether (sulfide) groups is 2. The average molecular weight is 636 g/mol. The maximum absolute atomic E-state index is 13.3. The molecule has 0 saturated carbocycles. The van der Waals surface area contributed by atoms with Gasteiger partial charge >= 0.3 is 5.97 Å². The van der Waals surface area contributed by atoms with E-state index in [1.165, 1.54) is 4.88 Å². The van der Waals surface area contributed by atoms with Crippen LogP contribution >= 0.6 is 50.8 Å². The number of benzene rings is 1. The number of phenols is 1. The van der Waals surface area contributed by atoms with Gasteiger partial charge in [-0.05, 0) is 40.4 Å². The zero-order valence-corrected chi connectivity index (χ0v) is 25.0. The summed E-state index contributed by atoms with van der Waals surface area (Å²) in [5, 5.41) is 13.8. The van der Waals surface area contributed by atoms with Gasteiger partial charge in [0.15, 0.2) is 0 Å². The number of nitrogens with zero attached hydrogens (tertiary/aromatic N) is 4. The van der Waals surface area contributed by atoms with Crippen molar-refractivity contribution in [2.45, 2.75) is 24.6 Å². The third-order valence-corrected chi connectivity index (χ3v) is 10.4. The second-order valence-corrected chi connectivity index (χ2v) is 12.7. The van der Waals surface area contributed by atoms with Crippen LogP contribution in [0.25, 0.3) is 10.9 Å². The number of ether oxygens (including phenoxy) is 1. The van der Waals surface area contributed by atoms with E-state index in [4.69, 9.17) is 4.74 Å². The first-order valence-electron chi connectivity index (χ1n) is 12.1. The van der Waals surface area contributed by atoms with Gasteiger partial charge in [-0.25, -0.2) is 9.78 Å². The molecule has 1 aromatic carbocycles. The number of aryl methyl sites for hydroxylation is 1. The molecule has 4 heterocycles. The SMILES string of the molecule is CCOC(=O)c1c(CSCCN2C(=O)CSC2c2cccs2)n(C)c2cc(Br)c(O)c(Cn3ccnc3)c12. The number of aromatic nitrogens is 3. The third kappa shape index (κ3) is 5.23. The van der Waals surface area contributed by atoms with E-state index in [0.29, 0.717) is 45.6 Å². The van der Waals surface area contributed by atoms with Crippen molar-refractivity contribution in [3.8, 4) is 5.75 Å². The van der Waals surface area contributed by atoms with E-state index in [1.807, 2.05) is 44.8 Å². The van der Waals surface area contributed by atoms with E-state index in [0.717, 1.165) is 17.0 Å². The van der Waals surface area contributed by atoms with Gasteiger partial charge in [0.1, 0.15) is 11.1 Å². The minimum Gasteiger partial charge on any atom is -0.506 e. The molecule has 4 aromatic rings. The number of rotatable bonds is 10. The summed E-state index contributed by atoms with van der Waals surface area (Å²) in [6.45, 7) is 3.02. The van der Waals surface area contributed by atoms with Crippen molar-refractivity contribution in [1.29, 1.82) is 0 Å².